The Hall–Kier alpha value is -2.22. The van der Waals surface area contributed by atoms with Gasteiger partial charge in [0, 0.05) is 44.9 Å². The number of hydrogen-bond donors (Lipinski definition) is 0. The van der Waals surface area contributed by atoms with Crippen LogP contribution >= 0.6 is 11.3 Å². The highest BCUT2D eigenvalue weighted by Gasteiger charge is 2.24. The van der Waals surface area contributed by atoms with Crippen molar-refractivity contribution in [3.05, 3.63) is 58.9 Å². The summed E-state index contributed by atoms with van der Waals surface area (Å²) in [4.78, 5) is 22.8. The van der Waals surface area contributed by atoms with Crippen LogP contribution in [0.1, 0.15) is 41.0 Å². The zero-order chi connectivity index (χ0) is 20.9. The predicted octanol–water partition coefficient (Wildman–Crippen LogP) is 3.71. The van der Waals surface area contributed by atoms with E-state index in [1.54, 1.807) is 16.2 Å². The highest BCUT2D eigenvalue weighted by molar-refractivity contribution is 7.15. The number of ether oxygens (including phenoxy) is 1. The summed E-state index contributed by atoms with van der Waals surface area (Å²) in [7, 11) is 3.96. The predicted molar refractivity (Wildman–Crippen MR) is 120 cm³/mol. The number of carbonyl (C=O) groups excluding carboxylic acids is 1. The first-order chi connectivity index (χ1) is 14.6. The van der Waals surface area contributed by atoms with E-state index in [1.807, 2.05) is 36.8 Å². The maximum Gasteiger partial charge on any atom is 0.274 e. The fraction of sp³-hybridized carbons (Fsp3) is 0.478. The van der Waals surface area contributed by atoms with E-state index in [4.69, 9.17) is 4.74 Å². The molecule has 1 aliphatic rings. The Morgan fingerprint density at radius 3 is 2.87 bits per heavy atom. The molecular formula is C23H30N4O2S. The molecule has 0 N–H and O–H groups in total. The normalized spacial score (nSPS) is 17.0. The van der Waals surface area contributed by atoms with Gasteiger partial charge < -0.3 is 9.64 Å². The van der Waals surface area contributed by atoms with Crippen molar-refractivity contribution in [2.24, 2.45) is 0 Å². The Kier molecular flexibility index (Phi) is 6.82. The van der Waals surface area contributed by atoms with E-state index >= 15 is 0 Å². The highest BCUT2D eigenvalue weighted by atomic mass is 32.1. The van der Waals surface area contributed by atoms with Gasteiger partial charge in [0.05, 0.1) is 11.8 Å². The summed E-state index contributed by atoms with van der Waals surface area (Å²) in [6.45, 7) is 3.06. The first-order valence-electron chi connectivity index (χ1n) is 10.7. The molecule has 3 heterocycles. The molecule has 4 rings (SSSR count). The van der Waals surface area contributed by atoms with Gasteiger partial charge in [-0.1, -0.05) is 30.3 Å². The third kappa shape index (κ3) is 4.91. The average molecular weight is 427 g/mol. The molecule has 160 valence electrons. The third-order valence-corrected chi connectivity index (χ3v) is 6.45. The van der Waals surface area contributed by atoms with E-state index in [2.05, 4.69) is 33.5 Å². The molecule has 0 radical (unpaired) electrons. The molecule has 1 atom stereocenters. The SMILES string of the molecule is CN(Cc1c(C(=O)N(C)CCc2ccccc2)nc2sccn12)C[C@H]1CCCCO1. The zero-order valence-corrected chi connectivity index (χ0v) is 18.6. The summed E-state index contributed by atoms with van der Waals surface area (Å²) in [5.74, 6) is -0.0147. The van der Waals surface area contributed by atoms with Crippen LogP contribution in [0.25, 0.3) is 4.96 Å². The Morgan fingerprint density at radius 2 is 2.10 bits per heavy atom. The van der Waals surface area contributed by atoms with Crippen LogP contribution in [0.15, 0.2) is 41.9 Å². The van der Waals surface area contributed by atoms with Crippen molar-refractivity contribution < 1.29 is 9.53 Å². The van der Waals surface area contributed by atoms with Gasteiger partial charge in [0.1, 0.15) is 0 Å². The Bertz CT molecular complexity index is 962. The van der Waals surface area contributed by atoms with E-state index in [-0.39, 0.29) is 12.0 Å². The number of nitrogens with zero attached hydrogens (tertiary/aromatic N) is 4. The van der Waals surface area contributed by atoms with E-state index in [0.29, 0.717) is 18.8 Å². The summed E-state index contributed by atoms with van der Waals surface area (Å²) < 4.78 is 7.95. The van der Waals surface area contributed by atoms with Crippen molar-refractivity contribution >= 4 is 22.2 Å². The van der Waals surface area contributed by atoms with Crippen molar-refractivity contribution in [3.8, 4) is 0 Å². The van der Waals surface area contributed by atoms with E-state index in [1.165, 1.54) is 12.0 Å². The highest BCUT2D eigenvalue weighted by Crippen LogP contribution is 2.21. The second-order valence-electron chi connectivity index (χ2n) is 8.11. The number of aromatic nitrogens is 2. The summed E-state index contributed by atoms with van der Waals surface area (Å²) in [5, 5.41) is 2.02. The summed E-state index contributed by atoms with van der Waals surface area (Å²) in [5.41, 5.74) is 2.75. The molecule has 1 aromatic carbocycles. The van der Waals surface area contributed by atoms with Gasteiger partial charge in [-0.3, -0.25) is 14.1 Å². The molecule has 30 heavy (non-hydrogen) atoms. The lowest BCUT2D eigenvalue weighted by Gasteiger charge is -2.27. The maximum atomic E-state index is 13.2. The minimum Gasteiger partial charge on any atom is -0.377 e. The molecule has 0 saturated carbocycles. The van der Waals surface area contributed by atoms with Crippen molar-refractivity contribution in [1.82, 2.24) is 19.2 Å². The van der Waals surface area contributed by atoms with Gasteiger partial charge in [0.15, 0.2) is 10.7 Å². The fourth-order valence-electron chi connectivity index (χ4n) is 4.00. The molecule has 1 amide bonds. The van der Waals surface area contributed by atoms with E-state index in [9.17, 15) is 4.79 Å². The van der Waals surface area contributed by atoms with Crippen LogP contribution in [0.4, 0.5) is 0 Å². The Balaban J connectivity index is 1.46. The molecule has 3 aromatic rings. The second kappa shape index (κ2) is 9.73. The molecule has 0 spiro atoms. The minimum absolute atomic E-state index is 0.0147. The van der Waals surface area contributed by atoms with Crippen molar-refractivity contribution in [3.63, 3.8) is 0 Å². The number of imidazole rings is 1. The molecule has 0 bridgehead atoms. The van der Waals surface area contributed by atoms with Crippen molar-refractivity contribution in [2.75, 3.05) is 33.8 Å². The number of fused-ring (bicyclic) bond motifs is 1. The summed E-state index contributed by atoms with van der Waals surface area (Å²) >= 11 is 1.56. The molecular weight excluding hydrogens is 396 g/mol. The van der Waals surface area contributed by atoms with Crippen LogP contribution in [0.2, 0.25) is 0 Å². The summed E-state index contributed by atoms with van der Waals surface area (Å²) in [6, 6.07) is 10.3. The lowest BCUT2D eigenvalue weighted by molar-refractivity contribution is -0.00280. The number of thiazole rings is 1. The summed E-state index contributed by atoms with van der Waals surface area (Å²) in [6.07, 6.45) is 6.62. The largest absolute Gasteiger partial charge is 0.377 e. The molecule has 0 aliphatic carbocycles. The lowest BCUT2D eigenvalue weighted by Crippen LogP contribution is -2.34. The van der Waals surface area contributed by atoms with Gasteiger partial charge in [-0.2, -0.15) is 0 Å². The average Bonchev–Trinajstić information content (AvgIpc) is 3.35. The zero-order valence-electron chi connectivity index (χ0n) is 17.8. The van der Waals surface area contributed by atoms with Crippen LogP contribution in [-0.2, 0) is 17.7 Å². The van der Waals surface area contributed by atoms with Crippen molar-refractivity contribution in [2.45, 2.75) is 38.3 Å². The number of rotatable bonds is 8. The first-order valence-corrected chi connectivity index (χ1v) is 11.5. The van der Waals surface area contributed by atoms with Gasteiger partial charge in [-0.15, -0.1) is 11.3 Å². The van der Waals surface area contributed by atoms with Gasteiger partial charge >= 0.3 is 0 Å². The number of benzene rings is 1. The Labute approximate surface area is 182 Å². The fourth-order valence-corrected chi connectivity index (χ4v) is 4.73. The number of amides is 1. The molecule has 7 heteroatoms. The van der Waals surface area contributed by atoms with Gasteiger partial charge in [-0.05, 0) is 38.3 Å². The molecule has 6 nitrogen and oxygen atoms in total. The number of hydrogen-bond acceptors (Lipinski definition) is 5. The van der Waals surface area contributed by atoms with Crippen LogP contribution in [0.5, 0.6) is 0 Å². The quantitative estimate of drug-likeness (QED) is 0.551. The van der Waals surface area contributed by atoms with Gasteiger partial charge in [-0.25, -0.2) is 4.98 Å². The van der Waals surface area contributed by atoms with Crippen LogP contribution in [-0.4, -0.2) is 65.0 Å². The topological polar surface area (TPSA) is 50.1 Å². The lowest BCUT2D eigenvalue weighted by atomic mass is 10.1. The van der Waals surface area contributed by atoms with Crippen LogP contribution in [0, 0.1) is 0 Å². The molecule has 1 saturated heterocycles. The van der Waals surface area contributed by atoms with Crippen LogP contribution < -0.4 is 0 Å². The number of likely N-dealkylation sites (N-methyl/N-ethyl adjacent to an activating group) is 2. The minimum atomic E-state index is -0.0147. The van der Waals surface area contributed by atoms with Crippen molar-refractivity contribution in [1.29, 1.82) is 0 Å². The van der Waals surface area contributed by atoms with Gasteiger partial charge in [0.2, 0.25) is 0 Å². The smallest absolute Gasteiger partial charge is 0.274 e. The Morgan fingerprint density at radius 1 is 1.27 bits per heavy atom. The monoisotopic (exact) mass is 426 g/mol. The van der Waals surface area contributed by atoms with Crippen LogP contribution in [0.3, 0.4) is 0 Å². The second-order valence-corrected chi connectivity index (χ2v) is 8.98. The van der Waals surface area contributed by atoms with E-state index in [0.717, 1.165) is 43.1 Å². The van der Waals surface area contributed by atoms with E-state index < -0.39 is 0 Å². The molecule has 2 aromatic heterocycles. The van der Waals surface area contributed by atoms with Gasteiger partial charge in [0.25, 0.3) is 5.91 Å². The third-order valence-electron chi connectivity index (χ3n) is 5.70. The standard InChI is InChI=1S/C23H30N4O2S/c1-25(16-19-10-6-7-14-29-19)17-20-21(24-23-27(20)13-15-30-23)22(28)26(2)12-11-18-8-4-3-5-9-18/h3-5,8-9,13,15,19H,6-7,10-12,14,16-17H2,1-2H3/t19-/m1/s1. The maximum absolute atomic E-state index is 13.2. The first kappa shape index (κ1) is 21.0. The number of carbonyl (C=O) groups is 1. The molecule has 1 fully saturated rings. The molecule has 0 unspecified atom stereocenters. The molecule has 1 aliphatic heterocycles.